The maximum absolute atomic E-state index is 11.9. The molecule has 2 aromatic heterocycles. The van der Waals surface area contributed by atoms with Crippen LogP contribution in [0.4, 0.5) is 0 Å². The molecule has 0 saturated heterocycles. The van der Waals surface area contributed by atoms with Gasteiger partial charge in [-0.2, -0.15) is 0 Å². The van der Waals surface area contributed by atoms with Crippen LogP contribution in [0.3, 0.4) is 0 Å². The normalized spacial score (nSPS) is 10.6. The van der Waals surface area contributed by atoms with Crippen LogP contribution in [0.1, 0.15) is 21.7 Å². The lowest BCUT2D eigenvalue weighted by atomic mass is 10.1. The number of ether oxygens (including phenoxy) is 1. The zero-order chi connectivity index (χ0) is 15.5. The quantitative estimate of drug-likeness (QED) is 0.687. The molecule has 3 rings (SSSR count). The first-order valence-corrected chi connectivity index (χ1v) is 7.16. The number of benzene rings is 1. The second-order valence-corrected chi connectivity index (χ2v) is 5.18. The smallest absolute Gasteiger partial charge is 0.357 e. The molecule has 0 bridgehead atoms. The van der Waals surface area contributed by atoms with Crippen molar-refractivity contribution >= 4 is 28.5 Å². The van der Waals surface area contributed by atoms with Crippen LogP contribution in [0.25, 0.3) is 10.9 Å². The summed E-state index contributed by atoms with van der Waals surface area (Å²) in [5.41, 5.74) is 2.56. The highest BCUT2D eigenvalue weighted by Crippen LogP contribution is 2.27. The summed E-state index contributed by atoms with van der Waals surface area (Å²) in [5, 5.41) is 1.51. The predicted octanol–water partition coefficient (Wildman–Crippen LogP) is 3.95. The number of aryl methyl sites for hydroxylation is 1. The van der Waals surface area contributed by atoms with Crippen LogP contribution in [0.5, 0.6) is 0 Å². The van der Waals surface area contributed by atoms with Crippen LogP contribution < -0.4 is 0 Å². The molecule has 4 nitrogen and oxygen atoms in total. The Labute approximate surface area is 132 Å². The molecule has 0 aliphatic rings. The number of hydrogen-bond acceptors (Lipinski definition) is 4. The van der Waals surface area contributed by atoms with Gasteiger partial charge in [0.05, 0.1) is 16.2 Å². The predicted molar refractivity (Wildman–Crippen MR) is 84.8 cm³/mol. The van der Waals surface area contributed by atoms with E-state index in [0.29, 0.717) is 10.7 Å². The van der Waals surface area contributed by atoms with Crippen LogP contribution in [-0.4, -0.2) is 15.9 Å². The van der Waals surface area contributed by atoms with E-state index >= 15 is 0 Å². The van der Waals surface area contributed by atoms with Gasteiger partial charge in [-0.05, 0) is 30.7 Å². The van der Waals surface area contributed by atoms with E-state index in [0.717, 1.165) is 16.5 Å². The number of carbonyl (C=O) groups excluding carboxylic acids is 1. The lowest BCUT2D eigenvalue weighted by Crippen LogP contribution is -2.08. The molecule has 0 aliphatic heterocycles. The maximum atomic E-state index is 11.9. The standard InChI is InChI=1S/C17H13ClN2O2/c1-11-12-6-2-3-7-13(12)20-15(16(11)18)10-22-17(21)14-8-4-5-9-19-14/h2-9H,10H2,1H3. The molecule has 0 radical (unpaired) electrons. The summed E-state index contributed by atoms with van der Waals surface area (Å²) >= 11 is 6.33. The van der Waals surface area contributed by atoms with E-state index < -0.39 is 5.97 Å². The number of nitrogens with zero attached hydrogens (tertiary/aromatic N) is 2. The highest BCUT2D eigenvalue weighted by atomic mass is 35.5. The van der Waals surface area contributed by atoms with Gasteiger partial charge in [0.1, 0.15) is 12.3 Å². The average molecular weight is 313 g/mol. The zero-order valence-electron chi connectivity index (χ0n) is 11.9. The SMILES string of the molecule is Cc1c(Cl)c(COC(=O)c2ccccn2)nc2ccccc12. The number of halogens is 1. The Morgan fingerprint density at radius 1 is 1.18 bits per heavy atom. The highest BCUT2D eigenvalue weighted by Gasteiger charge is 2.13. The van der Waals surface area contributed by atoms with Crippen LogP contribution in [0.2, 0.25) is 5.02 Å². The van der Waals surface area contributed by atoms with Crippen molar-refractivity contribution < 1.29 is 9.53 Å². The van der Waals surface area contributed by atoms with Crippen molar-refractivity contribution in [3.05, 3.63) is 70.6 Å². The fourth-order valence-corrected chi connectivity index (χ4v) is 2.40. The van der Waals surface area contributed by atoms with Gasteiger partial charge < -0.3 is 4.74 Å². The number of esters is 1. The van der Waals surface area contributed by atoms with Gasteiger partial charge in [-0.1, -0.05) is 35.9 Å². The molecule has 22 heavy (non-hydrogen) atoms. The van der Waals surface area contributed by atoms with Crippen molar-refractivity contribution in [1.82, 2.24) is 9.97 Å². The van der Waals surface area contributed by atoms with E-state index in [1.54, 1.807) is 24.4 Å². The molecular weight excluding hydrogens is 300 g/mol. The van der Waals surface area contributed by atoms with Gasteiger partial charge in [-0.25, -0.2) is 14.8 Å². The summed E-state index contributed by atoms with van der Waals surface area (Å²) in [5.74, 6) is -0.496. The van der Waals surface area contributed by atoms with E-state index in [2.05, 4.69) is 9.97 Å². The summed E-state index contributed by atoms with van der Waals surface area (Å²) in [4.78, 5) is 20.3. The van der Waals surface area contributed by atoms with Gasteiger partial charge in [0.15, 0.2) is 0 Å². The molecule has 0 saturated carbocycles. The third-order valence-electron chi connectivity index (χ3n) is 3.36. The lowest BCUT2D eigenvalue weighted by Gasteiger charge is -2.10. The number of aromatic nitrogens is 2. The van der Waals surface area contributed by atoms with E-state index in [1.165, 1.54) is 0 Å². The Kier molecular flexibility index (Phi) is 4.02. The molecule has 110 valence electrons. The number of rotatable bonds is 3. The van der Waals surface area contributed by atoms with Crippen molar-refractivity contribution in [2.75, 3.05) is 0 Å². The number of carbonyl (C=O) groups is 1. The number of para-hydroxylation sites is 1. The molecule has 0 fully saturated rings. The van der Waals surface area contributed by atoms with Crippen LogP contribution in [0, 0.1) is 6.92 Å². The van der Waals surface area contributed by atoms with Crippen molar-refractivity contribution in [3.63, 3.8) is 0 Å². The van der Waals surface area contributed by atoms with Crippen molar-refractivity contribution in [2.45, 2.75) is 13.5 Å². The number of hydrogen-bond donors (Lipinski definition) is 0. The molecule has 0 amide bonds. The van der Waals surface area contributed by atoms with Gasteiger partial charge >= 0.3 is 5.97 Å². The lowest BCUT2D eigenvalue weighted by molar-refractivity contribution is 0.0461. The second-order valence-electron chi connectivity index (χ2n) is 4.81. The molecule has 2 heterocycles. The fourth-order valence-electron chi connectivity index (χ4n) is 2.20. The van der Waals surface area contributed by atoms with Crippen LogP contribution >= 0.6 is 11.6 Å². The van der Waals surface area contributed by atoms with Crippen molar-refractivity contribution in [2.24, 2.45) is 0 Å². The Morgan fingerprint density at radius 3 is 2.73 bits per heavy atom. The third kappa shape index (κ3) is 2.78. The van der Waals surface area contributed by atoms with E-state index in [9.17, 15) is 4.79 Å². The first-order chi connectivity index (χ1) is 10.7. The van der Waals surface area contributed by atoms with Gasteiger partial charge in [0.2, 0.25) is 0 Å². The minimum Gasteiger partial charge on any atom is -0.454 e. The monoisotopic (exact) mass is 312 g/mol. The van der Waals surface area contributed by atoms with E-state index in [4.69, 9.17) is 16.3 Å². The van der Waals surface area contributed by atoms with Gasteiger partial charge in [0, 0.05) is 11.6 Å². The highest BCUT2D eigenvalue weighted by molar-refractivity contribution is 6.32. The number of pyridine rings is 2. The Bertz CT molecular complexity index is 835. The van der Waals surface area contributed by atoms with Gasteiger partial charge in [0.25, 0.3) is 0 Å². The summed E-state index contributed by atoms with van der Waals surface area (Å²) < 4.78 is 5.25. The fraction of sp³-hybridized carbons (Fsp3) is 0.118. The molecule has 1 aromatic carbocycles. The third-order valence-corrected chi connectivity index (χ3v) is 3.86. The average Bonchev–Trinajstić information content (AvgIpc) is 2.57. The molecule has 0 N–H and O–H groups in total. The number of fused-ring (bicyclic) bond motifs is 1. The Balaban J connectivity index is 1.85. The molecule has 0 atom stereocenters. The molecule has 0 aliphatic carbocycles. The minimum absolute atomic E-state index is 0.0138. The summed E-state index contributed by atoms with van der Waals surface area (Å²) in [6, 6.07) is 12.8. The molecule has 5 heteroatoms. The molecule has 3 aromatic rings. The van der Waals surface area contributed by atoms with Crippen LogP contribution in [0.15, 0.2) is 48.7 Å². The summed E-state index contributed by atoms with van der Waals surface area (Å²) in [6.45, 7) is 1.94. The van der Waals surface area contributed by atoms with Crippen molar-refractivity contribution in [3.8, 4) is 0 Å². The van der Waals surface area contributed by atoms with Gasteiger partial charge in [-0.15, -0.1) is 0 Å². The zero-order valence-corrected chi connectivity index (χ0v) is 12.7. The Hall–Kier alpha value is -2.46. The van der Waals surface area contributed by atoms with Crippen molar-refractivity contribution in [1.29, 1.82) is 0 Å². The molecule has 0 unspecified atom stereocenters. The second kappa shape index (κ2) is 6.12. The largest absolute Gasteiger partial charge is 0.454 e. The summed E-state index contributed by atoms with van der Waals surface area (Å²) in [6.07, 6.45) is 1.54. The Morgan fingerprint density at radius 2 is 1.95 bits per heavy atom. The summed E-state index contributed by atoms with van der Waals surface area (Å²) in [7, 11) is 0. The first-order valence-electron chi connectivity index (χ1n) is 6.78. The van der Waals surface area contributed by atoms with E-state index in [1.807, 2.05) is 31.2 Å². The minimum atomic E-state index is -0.496. The topological polar surface area (TPSA) is 52.1 Å². The van der Waals surface area contributed by atoms with E-state index in [-0.39, 0.29) is 12.3 Å². The van der Waals surface area contributed by atoms with Crippen LogP contribution in [-0.2, 0) is 11.3 Å². The maximum Gasteiger partial charge on any atom is 0.357 e. The molecule has 0 spiro atoms. The first kappa shape index (κ1) is 14.5. The molecular formula is C17H13ClN2O2. The van der Waals surface area contributed by atoms with Gasteiger partial charge in [-0.3, -0.25) is 0 Å².